The molecule has 1 unspecified atom stereocenters. The highest BCUT2D eigenvalue weighted by Crippen LogP contribution is 2.31. The standard InChI is InChI=1S/C15H30N2O/c1-15(2,17-9-5-4-6-10-17)14(16-3)13-7-11-18-12-8-13/h13-14,16H,4-12H2,1-3H3. The van der Waals surface area contributed by atoms with Crippen molar-refractivity contribution in [3.63, 3.8) is 0 Å². The van der Waals surface area contributed by atoms with Crippen molar-refractivity contribution in [1.82, 2.24) is 10.2 Å². The maximum absolute atomic E-state index is 5.51. The number of nitrogens with zero attached hydrogens (tertiary/aromatic N) is 1. The van der Waals surface area contributed by atoms with Crippen LogP contribution in [0.1, 0.15) is 46.0 Å². The Kier molecular flexibility index (Phi) is 5.05. The Balaban J connectivity index is 2.03. The Hall–Kier alpha value is -0.120. The lowest BCUT2D eigenvalue weighted by Crippen LogP contribution is -2.61. The predicted octanol–water partition coefficient (Wildman–Crippen LogP) is 2.27. The molecule has 2 rings (SSSR count). The van der Waals surface area contributed by atoms with E-state index < -0.39 is 0 Å². The summed E-state index contributed by atoms with van der Waals surface area (Å²) >= 11 is 0. The second-order valence-corrected chi connectivity index (χ2v) is 6.42. The molecule has 1 atom stereocenters. The minimum atomic E-state index is 0.261. The van der Waals surface area contributed by atoms with Gasteiger partial charge in [-0.2, -0.15) is 0 Å². The summed E-state index contributed by atoms with van der Waals surface area (Å²) in [7, 11) is 2.13. The van der Waals surface area contributed by atoms with Gasteiger partial charge in [0, 0.05) is 24.8 Å². The monoisotopic (exact) mass is 254 g/mol. The normalized spacial score (nSPS) is 26.2. The van der Waals surface area contributed by atoms with Crippen molar-refractivity contribution in [3.8, 4) is 0 Å². The molecule has 18 heavy (non-hydrogen) atoms. The molecule has 0 radical (unpaired) electrons. The van der Waals surface area contributed by atoms with E-state index >= 15 is 0 Å². The average molecular weight is 254 g/mol. The van der Waals surface area contributed by atoms with E-state index in [0.717, 1.165) is 19.1 Å². The number of hydrogen-bond acceptors (Lipinski definition) is 3. The molecule has 3 nitrogen and oxygen atoms in total. The lowest BCUT2D eigenvalue weighted by atomic mass is 9.78. The van der Waals surface area contributed by atoms with Gasteiger partial charge in [-0.3, -0.25) is 4.90 Å². The molecular weight excluding hydrogens is 224 g/mol. The van der Waals surface area contributed by atoms with Crippen LogP contribution in [0.4, 0.5) is 0 Å². The summed E-state index contributed by atoms with van der Waals surface area (Å²) in [4.78, 5) is 2.70. The predicted molar refractivity (Wildman–Crippen MR) is 75.9 cm³/mol. The van der Waals surface area contributed by atoms with Crippen LogP contribution in [-0.2, 0) is 4.74 Å². The molecule has 2 aliphatic heterocycles. The van der Waals surface area contributed by atoms with Crippen LogP contribution >= 0.6 is 0 Å². The number of ether oxygens (including phenoxy) is 1. The summed E-state index contributed by atoms with van der Waals surface area (Å²) in [5.41, 5.74) is 0.261. The van der Waals surface area contributed by atoms with E-state index in [2.05, 4.69) is 31.1 Å². The average Bonchev–Trinajstić information content (AvgIpc) is 2.41. The first-order chi connectivity index (χ1) is 8.66. The zero-order valence-electron chi connectivity index (χ0n) is 12.4. The van der Waals surface area contributed by atoms with E-state index in [0.29, 0.717) is 6.04 Å². The molecule has 0 bridgehead atoms. The topological polar surface area (TPSA) is 24.5 Å². The van der Waals surface area contributed by atoms with Crippen molar-refractivity contribution >= 4 is 0 Å². The molecule has 0 amide bonds. The lowest BCUT2D eigenvalue weighted by molar-refractivity contribution is 0.000994. The molecule has 106 valence electrons. The molecule has 2 saturated heterocycles. The highest BCUT2D eigenvalue weighted by molar-refractivity contribution is 4.97. The first-order valence-electron chi connectivity index (χ1n) is 7.66. The van der Waals surface area contributed by atoms with E-state index in [1.807, 2.05) is 0 Å². The Labute approximate surface area is 112 Å². The second-order valence-electron chi connectivity index (χ2n) is 6.42. The van der Waals surface area contributed by atoms with E-state index in [1.165, 1.54) is 45.2 Å². The molecule has 2 fully saturated rings. The Morgan fingerprint density at radius 1 is 1.11 bits per heavy atom. The molecule has 1 N–H and O–H groups in total. The third-order valence-electron chi connectivity index (χ3n) is 4.98. The zero-order valence-corrected chi connectivity index (χ0v) is 12.4. The van der Waals surface area contributed by atoms with Gasteiger partial charge in [0.25, 0.3) is 0 Å². The first kappa shape index (κ1) is 14.3. The van der Waals surface area contributed by atoms with Crippen LogP contribution in [0.2, 0.25) is 0 Å². The Bertz CT molecular complexity index is 243. The molecule has 0 aromatic rings. The quantitative estimate of drug-likeness (QED) is 0.833. The lowest BCUT2D eigenvalue weighted by Gasteiger charge is -2.49. The van der Waals surface area contributed by atoms with Gasteiger partial charge in [-0.25, -0.2) is 0 Å². The molecule has 3 heteroatoms. The van der Waals surface area contributed by atoms with Crippen LogP contribution in [0.5, 0.6) is 0 Å². The van der Waals surface area contributed by atoms with Gasteiger partial charge in [-0.05, 0) is 65.6 Å². The minimum Gasteiger partial charge on any atom is -0.381 e. The maximum Gasteiger partial charge on any atom is 0.0469 e. The number of rotatable bonds is 4. The van der Waals surface area contributed by atoms with Crippen molar-refractivity contribution in [2.75, 3.05) is 33.4 Å². The number of likely N-dealkylation sites (tertiary alicyclic amines) is 1. The highest BCUT2D eigenvalue weighted by Gasteiger charge is 2.39. The fourth-order valence-corrected chi connectivity index (χ4v) is 3.88. The molecule has 0 aromatic carbocycles. The Morgan fingerprint density at radius 3 is 2.28 bits per heavy atom. The van der Waals surface area contributed by atoms with Gasteiger partial charge in [0.15, 0.2) is 0 Å². The van der Waals surface area contributed by atoms with Crippen molar-refractivity contribution in [2.24, 2.45) is 5.92 Å². The van der Waals surface area contributed by atoms with E-state index in [9.17, 15) is 0 Å². The van der Waals surface area contributed by atoms with Gasteiger partial charge in [0.1, 0.15) is 0 Å². The summed E-state index contributed by atoms with van der Waals surface area (Å²) in [5.74, 6) is 0.765. The van der Waals surface area contributed by atoms with Crippen LogP contribution in [0.25, 0.3) is 0 Å². The molecular formula is C15H30N2O. The van der Waals surface area contributed by atoms with Gasteiger partial charge in [-0.1, -0.05) is 6.42 Å². The third kappa shape index (κ3) is 3.06. The van der Waals surface area contributed by atoms with Crippen molar-refractivity contribution in [2.45, 2.75) is 57.5 Å². The fourth-order valence-electron chi connectivity index (χ4n) is 3.88. The first-order valence-corrected chi connectivity index (χ1v) is 7.66. The molecule has 2 aliphatic rings. The molecule has 0 aliphatic carbocycles. The summed E-state index contributed by atoms with van der Waals surface area (Å²) in [6.45, 7) is 9.28. The molecule has 0 saturated carbocycles. The van der Waals surface area contributed by atoms with Crippen LogP contribution in [-0.4, -0.2) is 49.8 Å². The molecule has 2 heterocycles. The maximum atomic E-state index is 5.51. The second kappa shape index (κ2) is 6.36. The number of nitrogens with one attached hydrogen (secondary N) is 1. The number of hydrogen-bond donors (Lipinski definition) is 1. The van der Waals surface area contributed by atoms with Gasteiger partial charge in [0.2, 0.25) is 0 Å². The molecule has 0 aromatic heterocycles. The Morgan fingerprint density at radius 2 is 1.72 bits per heavy atom. The highest BCUT2D eigenvalue weighted by atomic mass is 16.5. The smallest absolute Gasteiger partial charge is 0.0469 e. The minimum absolute atomic E-state index is 0.261. The summed E-state index contributed by atoms with van der Waals surface area (Å²) in [5, 5.41) is 3.61. The third-order valence-corrected chi connectivity index (χ3v) is 4.98. The van der Waals surface area contributed by atoms with Gasteiger partial charge in [0.05, 0.1) is 0 Å². The van der Waals surface area contributed by atoms with Crippen LogP contribution < -0.4 is 5.32 Å². The van der Waals surface area contributed by atoms with Crippen LogP contribution in [0.15, 0.2) is 0 Å². The number of piperidine rings is 1. The van der Waals surface area contributed by atoms with Gasteiger partial charge < -0.3 is 10.1 Å². The van der Waals surface area contributed by atoms with Crippen LogP contribution in [0, 0.1) is 5.92 Å². The largest absolute Gasteiger partial charge is 0.381 e. The zero-order chi connectivity index (χ0) is 13.0. The fraction of sp³-hybridized carbons (Fsp3) is 1.00. The van der Waals surface area contributed by atoms with E-state index in [1.54, 1.807) is 0 Å². The molecule has 0 spiro atoms. The van der Waals surface area contributed by atoms with Gasteiger partial charge >= 0.3 is 0 Å². The SMILES string of the molecule is CNC(C1CCOCC1)C(C)(C)N1CCCCC1. The number of likely N-dealkylation sites (N-methyl/N-ethyl adjacent to an activating group) is 1. The van der Waals surface area contributed by atoms with E-state index in [4.69, 9.17) is 4.74 Å². The summed E-state index contributed by atoms with van der Waals surface area (Å²) < 4.78 is 5.51. The van der Waals surface area contributed by atoms with Crippen LogP contribution in [0.3, 0.4) is 0 Å². The van der Waals surface area contributed by atoms with Crippen molar-refractivity contribution < 1.29 is 4.74 Å². The van der Waals surface area contributed by atoms with E-state index in [-0.39, 0.29) is 5.54 Å². The van der Waals surface area contributed by atoms with Gasteiger partial charge in [-0.15, -0.1) is 0 Å². The van der Waals surface area contributed by atoms with Crippen molar-refractivity contribution in [1.29, 1.82) is 0 Å². The summed E-state index contributed by atoms with van der Waals surface area (Å²) in [6, 6.07) is 0.583. The van der Waals surface area contributed by atoms with Crippen molar-refractivity contribution in [3.05, 3.63) is 0 Å². The summed E-state index contributed by atoms with van der Waals surface area (Å²) in [6.07, 6.45) is 6.57.